The van der Waals surface area contributed by atoms with Gasteiger partial charge in [0.25, 0.3) is 0 Å². The smallest absolute Gasteiger partial charge is 0.156 e. The summed E-state index contributed by atoms with van der Waals surface area (Å²) in [6.07, 6.45) is 4.86. The normalized spacial score (nSPS) is 29.4. The van der Waals surface area contributed by atoms with E-state index in [0.717, 1.165) is 23.4 Å². The third-order valence-electron chi connectivity index (χ3n) is 3.71. The zero-order chi connectivity index (χ0) is 12.3. The molecular weight excluding hydrogens is 232 g/mol. The number of aliphatic imine (C=N–C) groups is 1. The highest BCUT2D eigenvalue weighted by Gasteiger charge is 2.37. The number of nitrogens with zero attached hydrogens (tertiary/aromatic N) is 1. The fourth-order valence-corrected chi connectivity index (χ4v) is 3.42. The van der Waals surface area contributed by atoms with Crippen LogP contribution in [0.3, 0.4) is 0 Å². The van der Waals surface area contributed by atoms with Crippen molar-refractivity contribution in [1.29, 1.82) is 0 Å². The summed E-state index contributed by atoms with van der Waals surface area (Å²) in [4.78, 5) is 4.69. The predicted octanol–water partition coefficient (Wildman–Crippen LogP) is 2.66. The summed E-state index contributed by atoms with van der Waals surface area (Å²) in [5, 5.41) is 4.65. The van der Waals surface area contributed by atoms with Crippen LogP contribution in [0.15, 0.2) is 4.99 Å². The monoisotopic (exact) mass is 256 g/mol. The van der Waals surface area contributed by atoms with Gasteiger partial charge in [-0.1, -0.05) is 25.6 Å². The van der Waals surface area contributed by atoms with E-state index in [4.69, 9.17) is 4.74 Å². The maximum Gasteiger partial charge on any atom is 0.156 e. The molecule has 1 unspecified atom stereocenters. The third-order valence-corrected chi connectivity index (χ3v) is 4.80. The lowest BCUT2D eigenvalue weighted by molar-refractivity contribution is -0.0629. The van der Waals surface area contributed by atoms with Gasteiger partial charge in [0.15, 0.2) is 5.17 Å². The van der Waals surface area contributed by atoms with Crippen molar-refractivity contribution < 1.29 is 4.74 Å². The molecule has 1 N–H and O–H groups in total. The molecule has 1 saturated heterocycles. The van der Waals surface area contributed by atoms with Crippen LogP contribution in [0.1, 0.15) is 39.5 Å². The molecule has 0 amide bonds. The van der Waals surface area contributed by atoms with E-state index in [1.165, 1.54) is 25.7 Å². The van der Waals surface area contributed by atoms with Crippen molar-refractivity contribution in [3.63, 3.8) is 0 Å². The molecule has 1 aliphatic heterocycles. The lowest BCUT2D eigenvalue weighted by Crippen LogP contribution is -2.42. The Bertz CT molecular complexity index is 282. The van der Waals surface area contributed by atoms with Crippen LogP contribution in [-0.2, 0) is 4.74 Å². The van der Waals surface area contributed by atoms with Crippen LogP contribution < -0.4 is 5.32 Å². The van der Waals surface area contributed by atoms with Crippen LogP contribution in [0.2, 0.25) is 0 Å². The molecule has 0 aromatic rings. The molecule has 17 heavy (non-hydrogen) atoms. The van der Waals surface area contributed by atoms with E-state index >= 15 is 0 Å². The van der Waals surface area contributed by atoms with Gasteiger partial charge in [0.05, 0.1) is 12.1 Å². The van der Waals surface area contributed by atoms with Crippen LogP contribution >= 0.6 is 11.8 Å². The SMILES string of the molecule is COC1(CN=C2NC(CC(C)C)CS2)CCC1. The van der Waals surface area contributed by atoms with Crippen LogP contribution in [0, 0.1) is 5.92 Å². The Morgan fingerprint density at radius 2 is 2.29 bits per heavy atom. The van der Waals surface area contributed by atoms with E-state index in [1.807, 2.05) is 18.9 Å². The number of amidine groups is 1. The Morgan fingerprint density at radius 3 is 2.82 bits per heavy atom. The zero-order valence-electron chi connectivity index (χ0n) is 11.2. The standard InChI is InChI=1S/C13H24N2OS/c1-10(2)7-11-8-17-12(15-11)14-9-13(16-3)5-4-6-13/h10-11H,4-9H2,1-3H3,(H,14,15). The minimum Gasteiger partial charge on any atom is -0.376 e. The minimum absolute atomic E-state index is 0.0609. The second-order valence-electron chi connectivity index (χ2n) is 5.64. The first-order valence-corrected chi connectivity index (χ1v) is 7.61. The Labute approximate surface area is 109 Å². The maximum absolute atomic E-state index is 5.58. The zero-order valence-corrected chi connectivity index (χ0v) is 12.0. The molecule has 0 bridgehead atoms. The molecule has 3 nitrogen and oxygen atoms in total. The lowest BCUT2D eigenvalue weighted by Gasteiger charge is -2.39. The average Bonchev–Trinajstić information content (AvgIpc) is 2.64. The lowest BCUT2D eigenvalue weighted by atomic mass is 9.80. The average molecular weight is 256 g/mol. The highest BCUT2D eigenvalue weighted by molar-refractivity contribution is 8.14. The van der Waals surface area contributed by atoms with Crippen LogP contribution in [0.5, 0.6) is 0 Å². The Morgan fingerprint density at radius 1 is 1.53 bits per heavy atom. The quantitative estimate of drug-likeness (QED) is 0.821. The van der Waals surface area contributed by atoms with Gasteiger partial charge in [-0.05, 0) is 31.6 Å². The number of hydrogen-bond donors (Lipinski definition) is 1. The van der Waals surface area contributed by atoms with E-state index in [9.17, 15) is 0 Å². The molecule has 2 fully saturated rings. The summed E-state index contributed by atoms with van der Waals surface area (Å²) in [6, 6.07) is 0.610. The van der Waals surface area contributed by atoms with Crippen LogP contribution in [0.25, 0.3) is 0 Å². The van der Waals surface area contributed by atoms with Gasteiger partial charge in [-0.3, -0.25) is 4.99 Å². The second kappa shape index (κ2) is 5.61. The Hall–Kier alpha value is -0.220. The summed E-state index contributed by atoms with van der Waals surface area (Å²) in [6.45, 7) is 5.37. The summed E-state index contributed by atoms with van der Waals surface area (Å²) in [5.74, 6) is 1.92. The van der Waals surface area contributed by atoms with Crippen LogP contribution in [0.4, 0.5) is 0 Å². The number of rotatable bonds is 5. The van der Waals surface area contributed by atoms with Crippen molar-refractivity contribution in [2.75, 3.05) is 19.4 Å². The number of thioether (sulfide) groups is 1. The van der Waals surface area contributed by atoms with Gasteiger partial charge in [-0.25, -0.2) is 0 Å². The first kappa shape index (κ1) is 13.2. The topological polar surface area (TPSA) is 33.6 Å². The molecule has 1 aliphatic carbocycles. The molecular formula is C13H24N2OS. The van der Waals surface area contributed by atoms with E-state index in [0.29, 0.717) is 6.04 Å². The van der Waals surface area contributed by atoms with E-state index in [-0.39, 0.29) is 5.60 Å². The largest absolute Gasteiger partial charge is 0.376 e. The number of hydrogen-bond acceptors (Lipinski definition) is 3. The summed E-state index contributed by atoms with van der Waals surface area (Å²) >= 11 is 1.86. The molecule has 2 rings (SSSR count). The molecule has 1 saturated carbocycles. The number of ether oxygens (including phenoxy) is 1. The van der Waals surface area contributed by atoms with E-state index in [1.54, 1.807) is 0 Å². The Kier molecular flexibility index (Phi) is 4.36. The van der Waals surface area contributed by atoms with Gasteiger partial charge in [0.2, 0.25) is 0 Å². The van der Waals surface area contributed by atoms with E-state index in [2.05, 4.69) is 24.2 Å². The molecule has 0 aromatic heterocycles. The molecule has 0 spiro atoms. The van der Waals surface area contributed by atoms with Gasteiger partial charge >= 0.3 is 0 Å². The highest BCUT2D eigenvalue weighted by Crippen LogP contribution is 2.35. The Balaban J connectivity index is 1.79. The molecule has 98 valence electrons. The molecule has 0 radical (unpaired) electrons. The highest BCUT2D eigenvalue weighted by atomic mass is 32.2. The van der Waals surface area contributed by atoms with Gasteiger partial charge in [0.1, 0.15) is 0 Å². The summed E-state index contributed by atoms with van der Waals surface area (Å²) < 4.78 is 5.58. The van der Waals surface area contributed by atoms with Crippen molar-refractivity contribution in [1.82, 2.24) is 5.32 Å². The van der Waals surface area contributed by atoms with Crippen molar-refractivity contribution in [3.05, 3.63) is 0 Å². The molecule has 0 aromatic carbocycles. The molecule has 1 atom stereocenters. The maximum atomic E-state index is 5.58. The van der Waals surface area contributed by atoms with Gasteiger partial charge < -0.3 is 10.1 Å². The predicted molar refractivity (Wildman–Crippen MR) is 74.7 cm³/mol. The summed E-state index contributed by atoms with van der Waals surface area (Å²) in [5.41, 5.74) is 0.0609. The van der Waals surface area contributed by atoms with Crippen molar-refractivity contribution in [2.24, 2.45) is 10.9 Å². The third kappa shape index (κ3) is 3.38. The van der Waals surface area contributed by atoms with Gasteiger partial charge in [0, 0.05) is 18.9 Å². The minimum atomic E-state index is 0.0609. The molecule has 2 aliphatic rings. The van der Waals surface area contributed by atoms with Crippen LogP contribution in [-0.4, -0.2) is 36.2 Å². The molecule has 1 heterocycles. The van der Waals surface area contributed by atoms with Crippen molar-refractivity contribution in [2.45, 2.75) is 51.2 Å². The number of methoxy groups -OCH3 is 1. The molecule has 4 heteroatoms. The van der Waals surface area contributed by atoms with Crippen molar-refractivity contribution in [3.8, 4) is 0 Å². The first-order valence-electron chi connectivity index (χ1n) is 6.62. The fraction of sp³-hybridized carbons (Fsp3) is 0.923. The number of nitrogens with one attached hydrogen (secondary N) is 1. The fourth-order valence-electron chi connectivity index (χ4n) is 2.44. The van der Waals surface area contributed by atoms with Gasteiger partial charge in [-0.2, -0.15) is 0 Å². The summed E-state index contributed by atoms with van der Waals surface area (Å²) in [7, 11) is 1.82. The first-order chi connectivity index (χ1) is 8.13. The van der Waals surface area contributed by atoms with Crippen molar-refractivity contribution >= 4 is 16.9 Å². The van der Waals surface area contributed by atoms with Gasteiger partial charge in [-0.15, -0.1) is 0 Å². The van der Waals surface area contributed by atoms with E-state index < -0.39 is 0 Å². The second-order valence-corrected chi connectivity index (χ2v) is 6.65.